The van der Waals surface area contributed by atoms with Crippen LogP contribution < -0.4 is 10.5 Å². The molecule has 5 nitrogen and oxygen atoms in total. The zero-order chi connectivity index (χ0) is 19.1. The quantitative estimate of drug-likeness (QED) is 0.681. The van der Waals surface area contributed by atoms with Crippen molar-refractivity contribution in [2.75, 3.05) is 18.0 Å². The fourth-order valence-electron chi connectivity index (χ4n) is 4.39. The minimum Gasteiger partial charge on any atom is -0.371 e. The second kappa shape index (κ2) is 6.97. The highest BCUT2D eigenvalue weighted by molar-refractivity contribution is 5.77. The molecule has 0 bridgehead atoms. The van der Waals surface area contributed by atoms with Gasteiger partial charge in [0, 0.05) is 49.7 Å². The molecule has 144 valence electrons. The molecular formula is C23H26N4O. The Morgan fingerprint density at radius 2 is 1.82 bits per heavy atom. The molecule has 2 aromatic heterocycles. The van der Waals surface area contributed by atoms with Gasteiger partial charge in [-0.15, -0.1) is 0 Å². The number of benzene rings is 1. The Labute approximate surface area is 165 Å². The van der Waals surface area contributed by atoms with E-state index < -0.39 is 0 Å². The van der Waals surface area contributed by atoms with Gasteiger partial charge >= 0.3 is 0 Å². The van der Waals surface area contributed by atoms with Crippen molar-refractivity contribution in [2.24, 2.45) is 13.0 Å². The number of hydrogen-bond acceptors (Lipinski definition) is 3. The van der Waals surface area contributed by atoms with Gasteiger partial charge < -0.3 is 9.47 Å². The smallest absolute Gasteiger partial charge is 0.252 e. The van der Waals surface area contributed by atoms with Crippen molar-refractivity contribution in [1.29, 1.82) is 0 Å². The predicted molar refractivity (Wildman–Crippen MR) is 112 cm³/mol. The van der Waals surface area contributed by atoms with Gasteiger partial charge in [0.15, 0.2) is 0 Å². The second-order valence-corrected chi connectivity index (χ2v) is 8.12. The number of pyridine rings is 1. The van der Waals surface area contributed by atoms with E-state index >= 15 is 0 Å². The SMILES string of the molecule is Cn1cc(-c2cnn(C(c3ccccc3)C3CC3)c2)c(N2CCCC2)cc1=O. The van der Waals surface area contributed by atoms with Crippen LogP contribution in [-0.4, -0.2) is 27.4 Å². The van der Waals surface area contributed by atoms with E-state index in [-0.39, 0.29) is 11.6 Å². The van der Waals surface area contributed by atoms with E-state index in [9.17, 15) is 4.79 Å². The number of aromatic nitrogens is 3. The summed E-state index contributed by atoms with van der Waals surface area (Å²) in [4.78, 5) is 14.6. The largest absolute Gasteiger partial charge is 0.371 e. The van der Waals surface area contributed by atoms with Crippen LogP contribution in [0.5, 0.6) is 0 Å². The zero-order valence-electron chi connectivity index (χ0n) is 16.3. The summed E-state index contributed by atoms with van der Waals surface area (Å²) >= 11 is 0. The molecule has 1 unspecified atom stereocenters. The highest BCUT2D eigenvalue weighted by Crippen LogP contribution is 2.43. The van der Waals surface area contributed by atoms with Crippen LogP contribution in [0, 0.1) is 5.92 Å². The predicted octanol–water partition coefficient (Wildman–Crippen LogP) is 3.85. The Hall–Kier alpha value is -2.82. The topological polar surface area (TPSA) is 43.1 Å². The molecule has 3 heterocycles. The molecule has 5 rings (SSSR count). The molecule has 3 aromatic rings. The molecule has 28 heavy (non-hydrogen) atoms. The maximum Gasteiger partial charge on any atom is 0.252 e. The summed E-state index contributed by atoms with van der Waals surface area (Å²) in [6, 6.07) is 12.7. The molecule has 2 fully saturated rings. The lowest BCUT2D eigenvalue weighted by Gasteiger charge is -2.21. The Morgan fingerprint density at radius 1 is 1.07 bits per heavy atom. The van der Waals surface area contributed by atoms with Gasteiger partial charge in [0.2, 0.25) is 0 Å². The number of hydrogen-bond donors (Lipinski definition) is 0. The molecule has 1 aromatic carbocycles. The van der Waals surface area contributed by atoms with Gasteiger partial charge in [0.25, 0.3) is 5.56 Å². The maximum absolute atomic E-state index is 12.3. The molecule has 2 aliphatic rings. The third kappa shape index (κ3) is 3.15. The third-order valence-electron chi connectivity index (χ3n) is 6.06. The highest BCUT2D eigenvalue weighted by atomic mass is 16.1. The molecule has 1 saturated heterocycles. The first-order valence-corrected chi connectivity index (χ1v) is 10.3. The molecule has 0 radical (unpaired) electrons. The number of aryl methyl sites for hydroxylation is 1. The van der Waals surface area contributed by atoms with Crippen LogP contribution >= 0.6 is 0 Å². The Balaban J connectivity index is 1.56. The maximum atomic E-state index is 12.3. The first-order chi connectivity index (χ1) is 13.7. The van der Waals surface area contributed by atoms with Gasteiger partial charge in [-0.25, -0.2) is 0 Å². The van der Waals surface area contributed by atoms with Gasteiger partial charge in [-0.1, -0.05) is 30.3 Å². The van der Waals surface area contributed by atoms with E-state index in [1.807, 2.05) is 19.4 Å². The minimum atomic E-state index is 0.0400. The Bertz CT molecular complexity index is 1030. The fourth-order valence-corrected chi connectivity index (χ4v) is 4.39. The lowest BCUT2D eigenvalue weighted by Crippen LogP contribution is -2.23. The lowest BCUT2D eigenvalue weighted by molar-refractivity contribution is 0.471. The van der Waals surface area contributed by atoms with E-state index in [2.05, 4.69) is 46.1 Å². The van der Waals surface area contributed by atoms with Crippen molar-refractivity contribution in [1.82, 2.24) is 14.3 Å². The normalized spacial score (nSPS) is 17.8. The van der Waals surface area contributed by atoms with Crippen LogP contribution in [0.1, 0.15) is 37.3 Å². The van der Waals surface area contributed by atoms with Crippen LogP contribution in [0.15, 0.2) is 59.8 Å². The monoisotopic (exact) mass is 374 g/mol. The summed E-state index contributed by atoms with van der Waals surface area (Å²) < 4.78 is 3.79. The van der Waals surface area contributed by atoms with Gasteiger partial charge in [0.05, 0.1) is 17.9 Å². The molecule has 1 aliphatic carbocycles. The van der Waals surface area contributed by atoms with Crippen LogP contribution in [-0.2, 0) is 7.05 Å². The molecule has 0 amide bonds. The minimum absolute atomic E-state index is 0.0400. The van der Waals surface area contributed by atoms with Crippen LogP contribution in [0.3, 0.4) is 0 Å². The average Bonchev–Trinajstić information content (AvgIpc) is 3.19. The van der Waals surface area contributed by atoms with Crippen LogP contribution in [0.4, 0.5) is 5.69 Å². The van der Waals surface area contributed by atoms with Crippen molar-refractivity contribution in [3.63, 3.8) is 0 Å². The molecular weight excluding hydrogens is 348 g/mol. The molecule has 1 aliphatic heterocycles. The summed E-state index contributed by atoms with van der Waals surface area (Å²) in [7, 11) is 1.82. The van der Waals surface area contributed by atoms with Gasteiger partial charge in [-0.2, -0.15) is 5.10 Å². The lowest BCUT2D eigenvalue weighted by atomic mass is 10.0. The van der Waals surface area contributed by atoms with E-state index in [4.69, 9.17) is 5.10 Å². The van der Waals surface area contributed by atoms with Gasteiger partial charge in [0.1, 0.15) is 0 Å². The summed E-state index contributed by atoms with van der Waals surface area (Å²) in [6.07, 6.45) is 11.0. The molecule has 0 N–H and O–H groups in total. The Kier molecular flexibility index (Phi) is 4.30. The Morgan fingerprint density at radius 3 is 2.54 bits per heavy atom. The summed E-state index contributed by atoms with van der Waals surface area (Å²) in [5.74, 6) is 0.660. The van der Waals surface area contributed by atoms with E-state index in [0.717, 1.165) is 29.9 Å². The summed E-state index contributed by atoms with van der Waals surface area (Å²) in [6.45, 7) is 2.03. The van der Waals surface area contributed by atoms with Crippen molar-refractivity contribution < 1.29 is 0 Å². The molecule has 1 atom stereocenters. The molecule has 5 heteroatoms. The number of rotatable bonds is 5. The zero-order valence-corrected chi connectivity index (χ0v) is 16.3. The van der Waals surface area contributed by atoms with Crippen molar-refractivity contribution >= 4 is 5.69 Å². The second-order valence-electron chi connectivity index (χ2n) is 8.12. The van der Waals surface area contributed by atoms with Gasteiger partial charge in [-0.3, -0.25) is 9.48 Å². The third-order valence-corrected chi connectivity index (χ3v) is 6.06. The number of anilines is 1. The van der Waals surface area contributed by atoms with E-state index in [1.165, 1.54) is 31.2 Å². The standard InChI is InChI=1S/C23H26N4O/c1-25-16-20(21(13-22(25)28)26-11-5-6-12-26)19-14-24-27(15-19)23(18-9-10-18)17-7-3-2-4-8-17/h2-4,7-8,13-16,18,23H,5-6,9-12H2,1H3. The van der Waals surface area contributed by atoms with Gasteiger partial charge in [-0.05, 0) is 37.2 Å². The van der Waals surface area contributed by atoms with Crippen molar-refractivity contribution in [3.8, 4) is 11.1 Å². The first-order valence-electron chi connectivity index (χ1n) is 10.3. The van der Waals surface area contributed by atoms with E-state index in [1.54, 1.807) is 10.6 Å². The average molecular weight is 374 g/mol. The van der Waals surface area contributed by atoms with Crippen molar-refractivity contribution in [2.45, 2.75) is 31.7 Å². The van der Waals surface area contributed by atoms with Crippen LogP contribution in [0.25, 0.3) is 11.1 Å². The number of nitrogens with zero attached hydrogens (tertiary/aromatic N) is 4. The summed E-state index contributed by atoms with van der Waals surface area (Å²) in [5, 5.41) is 4.76. The van der Waals surface area contributed by atoms with Crippen molar-refractivity contribution in [3.05, 3.63) is 70.9 Å². The fraction of sp³-hybridized carbons (Fsp3) is 0.391. The molecule has 0 spiro atoms. The first kappa shape index (κ1) is 17.3. The van der Waals surface area contributed by atoms with E-state index in [0.29, 0.717) is 5.92 Å². The highest BCUT2D eigenvalue weighted by Gasteiger charge is 2.34. The molecule has 1 saturated carbocycles. The summed E-state index contributed by atoms with van der Waals surface area (Å²) in [5.41, 5.74) is 4.58. The van der Waals surface area contributed by atoms with Crippen LogP contribution in [0.2, 0.25) is 0 Å².